The van der Waals surface area contributed by atoms with E-state index in [1.54, 1.807) is 6.92 Å². The van der Waals surface area contributed by atoms with Gasteiger partial charge in [0.2, 0.25) is 0 Å². The molecule has 0 atom stereocenters. The Bertz CT molecular complexity index is 499. The van der Waals surface area contributed by atoms with Crippen LogP contribution >= 0.6 is 11.6 Å². The molecule has 1 aliphatic rings. The number of aromatic amines is 1. The Morgan fingerprint density at radius 2 is 2.00 bits per heavy atom. The average Bonchev–Trinajstić information content (AvgIpc) is 2.12. The molecule has 15 heavy (non-hydrogen) atoms. The molecule has 1 saturated heterocycles. The number of nitrogens with one attached hydrogen (secondary N) is 1. The van der Waals surface area contributed by atoms with Gasteiger partial charge < -0.3 is 4.90 Å². The molecule has 0 aromatic carbocycles. The van der Waals surface area contributed by atoms with Gasteiger partial charge in [0.05, 0.1) is 6.04 Å². The fourth-order valence-corrected chi connectivity index (χ4v) is 1.94. The lowest BCUT2D eigenvalue weighted by molar-refractivity contribution is 0.134. The van der Waals surface area contributed by atoms with Crippen molar-refractivity contribution in [3.05, 3.63) is 31.6 Å². The molecule has 1 aromatic heterocycles. The van der Waals surface area contributed by atoms with Crippen molar-refractivity contribution in [2.24, 2.45) is 0 Å². The number of likely N-dealkylation sites (tertiary alicyclic amines) is 1. The van der Waals surface area contributed by atoms with Crippen molar-refractivity contribution in [2.45, 2.75) is 13.0 Å². The third-order valence-electron chi connectivity index (χ3n) is 2.71. The third kappa shape index (κ3) is 1.61. The Balaban J connectivity index is 2.53. The molecule has 6 heteroatoms. The number of likely N-dealkylation sites (N-methyl/N-ethyl adjacent to an activating group) is 1. The molecular formula is C9H12ClN3O2. The standard InChI is InChI=1S/C9H12ClN3O2/c1-5-7(10)11-9(15)13(8(5)14)6-3-12(2)4-6/h6H,3-4H2,1-2H3,(H,11,15). The van der Waals surface area contributed by atoms with Crippen molar-refractivity contribution >= 4 is 11.6 Å². The van der Waals surface area contributed by atoms with Gasteiger partial charge in [-0.3, -0.25) is 14.3 Å². The first-order valence-corrected chi connectivity index (χ1v) is 5.08. The SMILES string of the molecule is Cc1c(Cl)[nH]c(=O)n(C2CN(C)C2)c1=O. The number of nitrogens with zero attached hydrogens (tertiary/aromatic N) is 2. The van der Waals surface area contributed by atoms with E-state index in [1.807, 2.05) is 11.9 Å². The van der Waals surface area contributed by atoms with E-state index in [0.717, 1.165) is 13.1 Å². The van der Waals surface area contributed by atoms with Crippen LogP contribution in [0.5, 0.6) is 0 Å². The minimum absolute atomic E-state index is 0.0257. The van der Waals surface area contributed by atoms with Crippen LogP contribution in [0.1, 0.15) is 11.6 Å². The van der Waals surface area contributed by atoms with Crippen molar-refractivity contribution in [1.82, 2.24) is 14.5 Å². The van der Waals surface area contributed by atoms with Crippen LogP contribution in [0.25, 0.3) is 0 Å². The quantitative estimate of drug-likeness (QED) is 0.689. The molecule has 0 bridgehead atoms. The summed E-state index contributed by atoms with van der Waals surface area (Å²) in [4.78, 5) is 27.9. The smallest absolute Gasteiger partial charge is 0.302 e. The van der Waals surface area contributed by atoms with Gasteiger partial charge in [0.1, 0.15) is 5.15 Å². The Morgan fingerprint density at radius 3 is 2.53 bits per heavy atom. The van der Waals surface area contributed by atoms with Crippen LogP contribution in [-0.4, -0.2) is 34.6 Å². The highest BCUT2D eigenvalue weighted by molar-refractivity contribution is 6.30. The summed E-state index contributed by atoms with van der Waals surface area (Å²) in [7, 11) is 1.94. The maximum Gasteiger partial charge on any atom is 0.329 e. The Labute approximate surface area is 91.3 Å². The van der Waals surface area contributed by atoms with Crippen molar-refractivity contribution in [3.63, 3.8) is 0 Å². The second-order valence-corrected chi connectivity index (χ2v) is 4.30. The molecule has 0 saturated carbocycles. The zero-order chi connectivity index (χ0) is 11.2. The summed E-state index contributed by atoms with van der Waals surface area (Å²) in [5.74, 6) is 0. The maximum absolute atomic E-state index is 11.8. The van der Waals surface area contributed by atoms with Crippen molar-refractivity contribution in [2.75, 3.05) is 20.1 Å². The largest absolute Gasteiger partial charge is 0.329 e. The molecule has 0 radical (unpaired) electrons. The number of rotatable bonds is 1. The lowest BCUT2D eigenvalue weighted by Crippen LogP contribution is -2.53. The first-order valence-electron chi connectivity index (χ1n) is 4.70. The van der Waals surface area contributed by atoms with E-state index in [0.29, 0.717) is 5.56 Å². The monoisotopic (exact) mass is 229 g/mol. The molecule has 0 amide bonds. The fraction of sp³-hybridized carbons (Fsp3) is 0.556. The summed E-state index contributed by atoms with van der Waals surface area (Å²) in [6.07, 6.45) is 0. The van der Waals surface area contributed by atoms with E-state index >= 15 is 0 Å². The van der Waals surface area contributed by atoms with Crippen LogP contribution in [0.2, 0.25) is 5.15 Å². The van der Waals surface area contributed by atoms with Crippen molar-refractivity contribution in [3.8, 4) is 0 Å². The molecule has 82 valence electrons. The summed E-state index contributed by atoms with van der Waals surface area (Å²) >= 11 is 5.71. The van der Waals surface area contributed by atoms with Gasteiger partial charge in [0.15, 0.2) is 0 Å². The van der Waals surface area contributed by atoms with E-state index in [4.69, 9.17) is 11.6 Å². The van der Waals surface area contributed by atoms with Gasteiger partial charge in [-0.15, -0.1) is 0 Å². The first kappa shape index (κ1) is 10.4. The Hall–Kier alpha value is -1.07. The van der Waals surface area contributed by atoms with Crippen LogP contribution in [0, 0.1) is 6.92 Å². The number of aromatic nitrogens is 2. The highest BCUT2D eigenvalue weighted by atomic mass is 35.5. The van der Waals surface area contributed by atoms with Gasteiger partial charge in [-0.2, -0.15) is 0 Å². The van der Waals surface area contributed by atoms with E-state index in [-0.39, 0.29) is 16.8 Å². The normalized spacial score (nSPS) is 17.8. The van der Waals surface area contributed by atoms with E-state index < -0.39 is 5.69 Å². The van der Waals surface area contributed by atoms with E-state index in [1.165, 1.54) is 4.57 Å². The lowest BCUT2D eigenvalue weighted by Gasteiger charge is -2.36. The van der Waals surface area contributed by atoms with Gasteiger partial charge in [-0.05, 0) is 14.0 Å². The summed E-state index contributed by atoms with van der Waals surface area (Å²) < 4.78 is 1.25. The summed E-state index contributed by atoms with van der Waals surface area (Å²) in [6.45, 7) is 3.06. The van der Waals surface area contributed by atoms with Crippen molar-refractivity contribution in [1.29, 1.82) is 0 Å². The van der Waals surface area contributed by atoms with Gasteiger partial charge in [0.25, 0.3) is 5.56 Å². The lowest BCUT2D eigenvalue weighted by atomic mass is 10.1. The van der Waals surface area contributed by atoms with Crippen LogP contribution in [-0.2, 0) is 0 Å². The van der Waals surface area contributed by atoms with Crippen LogP contribution < -0.4 is 11.2 Å². The highest BCUT2D eigenvalue weighted by Crippen LogP contribution is 2.16. The minimum atomic E-state index is -0.422. The summed E-state index contributed by atoms with van der Waals surface area (Å²) in [5, 5.41) is 0.133. The Morgan fingerprint density at radius 1 is 1.40 bits per heavy atom. The molecule has 1 fully saturated rings. The highest BCUT2D eigenvalue weighted by Gasteiger charge is 2.28. The van der Waals surface area contributed by atoms with Crippen LogP contribution in [0.15, 0.2) is 9.59 Å². The van der Waals surface area contributed by atoms with Crippen LogP contribution in [0.4, 0.5) is 0 Å². The van der Waals surface area contributed by atoms with E-state index in [2.05, 4.69) is 4.98 Å². The number of hydrogen-bond acceptors (Lipinski definition) is 3. The van der Waals surface area contributed by atoms with Crippen LogP contribution in [0.3, 0.4) is 0 Å². The van der Waals surface area contributed by atoms with E-state index in [9.17, 15) is 9.59 Å². The molecule has 2 heterocycles. The molecular weight excluding hydrogens is 218 g/mol. The summed E-state index contributed by atoms with van der Waals surface area (Å²) in [5.41, 5.74) is -0.318. The zero-order valence-electron chi connectivity index (χ0n) is 8.58. The maximum atomic E-state index is 11.8. The minimum Gasteiger partial charge on any atom is -0.302 e. The van der Waals surface area contributed by atoms with Gasteiger partial charge in [-0.25, -0.2) is 4.79 Å². The molecule has 5 nitrogen and oxygen atoms in total. The molecule has 1 aliphatic heterocycles. The predicted octanol–water partition coefficient (Wildman–Crippen LogP) is -0.0151. The number of hydrogen-bond donors (Lipinski definition) is 1. The topological polar surface area (TPSA) is 58.1 Å². The zero-order valence-corrected chi connectivity index (χ0v) is 9.34. The van der Waals surface area contributed by atoms with Gasteiger partial charge >= 0.3 is 5.69 Å². The predicted molar refractivity (Wildman–Crippen MR) is 57.6 cm³/mol. The third-order valence-corrected chi connectivity index (χ3v) is 3.09. The first-order chi connectivity index (χ1) is 7.00. The second-order valence-electron chi connectivity index (χ2n) is 3.92. The fourth-order valence-electron chi connectivity index (χ4n) is 1.78. The molecule has 0 unspecified atom stereocenters. The molecule has 0 spiro atoms. The molecule has 2 rings (SSSR count). The Kier molecular flexibility index (Phi) is 2.44. The van der Waals surface area contributed by atoms with Crippen molar-refractivity contribution < 1.29 is 0 Å². The summed E-state index contributed by atoms with van der Waals surface area (Å²) in [6, 6.07) is -0.0257. The average molecular weight is 230 g/mol. The number of H-pyrrole nitrogens is 1. The van der Waals surface area contributed by atoms with Gasteiger partial charge in [0, 0.05) is 18.7 Å². The molecule has 1 N–H and O–H groups in total. The molecule has 1 aromatic rings. The van der Waals surface area contributed by atoms with Gasteiger partial charge in [-0.1, -0.05) is 11.6 Å². The second kappa shape index (κ2) is 3.50. The molecule has 0 aliphatic carbocycles. The number of halogens is 1.